The zero-order valence-electron chi connectivity index (χ0n) is 15.7. The minimum atomic E-state index is -3.09. The Bertz CT molecular complexity index is 1050. The van der Waals surface area contributed by atoms with Crippen LogP contribution in [0.4, 0.5) is 0 Å². The van der Waals surface area contributed by atoms with Gasteiger partial charge in [-0.15, -0.1) is 0 Å². The van der Waals surface area contributed by atoms with Crippen molar-refractivity contribution in [1.82, 2.24) is 9.21 Å². The molecule has 0 bridgehead atoms. The molecule has 0 radical (unpaired) electrons. The summed E-state index contributed by atoms with van der Waals surface area (Å²) in [7, 11) is -3.09. The summed E-state index contributed by atoms with van der Waals surface area (Å²) in [5.41, 5.74) is 4.51. The number of rotatable bonds is 4. The molecule has 4 rings (SSSR count). The number of benzene rings is 2. The highest BCUT2D eigenvalue weighted by Crippen LogP contribution is 2.27. The molecule has 0 atom stereocenters. The van der Waals surface area contributed by atoms with Crippen LogP contribution in [-0.4, -0.2) is 50.1 Å². The second-order valence-corrected chi connectivity index (χ2v) is 9.25. The summed E-state index contributed by atoms with van der Waals surface area (Å²) in [6.45, 7) is 5.31. The van der Waals surface area contributed by atoms with E-state index in [4.69, 9.17) is 4.42 Å². The van der Waals surface area contributed by atoms with E-state index in [9.17, 15) is 8.42 Å². The van der Waals surface area contributed by atoms with E-state index in [0.717, 1.165) is 29.8 Å². The molecule has 3 aromatic rings. The van der Waals surface area contributed by atoms with Crippen LogP contribution in [0.2, 0.25) is 0 Å². The van der Waals surface area contributed by atoms with Crippen LogP contribution in [0.3, 0.4) is 0 Å². The van der Waals surface area contributed by atoms with Gasteiger partial charge in [0.2, 0.25) is 10.0 Å². The number of sulfonamides is 1. The van der Waals surface area contributed by atoms with Gasteiger partial charge >= 0.3 is 0 Å². The minimum Gasteiger partial charge on any atom is -0.460 e. The van der Waals surface area contributed by atoms with Gasteiger partial charge in [0.25, 0.3) is 0 Å². The lowest BCUT2D eigenvalue weighted by Crippen LogP contribution is -2.47. The Kier molecular flexibility index (Phi) is 4.80. The first kappa shape index (κ1) is 18.2. The average Bonchev–Trinajstić information content (AvgIpc) is 3.03. The lowest BCUT2D eigenvalue weighted by Gasteiger charge is -2.32. The Balaban J connectivity index is 1.48. The zero-order valence-corrected chi connectivity index (χ0v) is 16.5. The second-order valence-electron chi connectivity index (χ2n) is 7.27. The number of nitrogens with zero attached hydrogens (tertiary/aromatic N) is 2. The first-order valence-electron chi connectivity index (χ1n) is 9.15. The second kappa shape index (κ2) is 7.11. The normalized spacial score (nSPS) is 16.8. The van der Waals surface area contributed by atoms with Crippen LogP contribution in [0, 0.1) is 6.92 Å². The van der Waals surface area contributed by atoms with Gasteiger partial charge in [-0.3, -0.25) is 4.90 Å². The number of aryl methyl sites for hydroxylation is 1. The van der Waals surface area contributed by atoms with Crippen molar-refractivity contribution in [2.75, 3.05) is 32.4 Å². The maximum absolute atomic E-state index is 11.6. The van der Waals surface area contributed by atoms with Crippen molar-refractivity contribution in [2.24, 2.45) is 0 Å². The van der Waals surface area contributed by atoms with E-state index in [1.165, 1.54) is 27.3 Å². The molecule has 5 nitrogen and oxygen atoms in total. The molecule has 0 aliphatic carbocycles. The fraction of sp³-hybridized carbons (Fsp3) is 0.333. The van der Waals surface area contributed by atoms with E-state index in [1.807, 2.05) is 6.07 Å². The van der Waals surface area contributed by atoms with Gasteiger partial charge in [-0.25, -0.2) is 8.42 Å². The van der Waals surface area contributed by atoms with Gasteiger partial charge in [0, 0.05) is 31.6 Å². The Morgan fingerprint density at radius 2 is 1.59 bits per heavy atom. The largest absolute Gasteiger partial charge is 0.460 e. The average molecular weight is 385 g/mol. The molecule has 1 saturated heterocycles. The molecule has 1 fully saturated rings. The fourth-order valence-corrected chi connectivity index (χ4v) is 4.37. The zero-order chi connectivity index (χ0) is 19.0. The molecular formula is C21H24N2O3S. The number of piperazine rings is 1. The third-order valence-corrected chi connectivity index (χ3v) is 6.44. The fourth-order valence-electron chi connectivity index (χ4n) is 3.54. The van der Waals surface area contributed by atoms with Gasteiger partial charge < -0.3 is 4.42 Å². The summed E-state index contributed by atoms with van der Waals surface area (Å²) in [6.07, 6.45) is 1.27. The maximum Gasteiger partial charge on any atom is 0.211 e. The van der Waals surface area contributed by atoms with E-state index in [0.29, 0.717) is 19.6 Å². The molecule has 2 heterocycles. The van der Waals surface area contributed by atoms with Crippen molar-refractivity contribution >= 4 is 21.0 Å². The summed E-state index contributed by atoms with van der Waals surface area (Å²) < 4.78 is 30.8. The predicted octanol–water partition coefficient (Wildman–Crippen LogP) is 3.49. The third kappa shape index (κ3) is 4.08. The molecule has 1 aromatic heterocycles. The molecule has 0 unspecified atom stereocenters. The monoisotopic (exact) mass is 384 g/mol. The maximum atomic E-state index is 11.6. The van der Waals surface area contributed by atoms with Gasteiger partial charge in [-0.05, 0) is 36.2 Å². The molecule has 1 aliphatic rings. The van der Waals surface area contributed by atoms with Crippen molar-refractivity contribution in [1.29, 1.82) is 0 Å². The Labute approximate surface area is 160 Å². The summed E-state index contributed by atoms with van der Waals surface area (Å²) in [5, 5.41) is 1.10. The van der Waals surface area contributed by atoms with Crippen molar-refractivity contribution in [3.8, 4) is 11.1 Å². The van der Waals surface area contributed by atoms with Gasteiger partial charge in [-0.1, -0.05) is 35.9 Å². The molecule has 0 N–H and O–H groups in total. The van der Waals surface area contributed by atoms with Crippen molar-refractivity contribution in [2.45, 2.75) is 13.5 Å². The molecule has 6 heteroatoms. The summed E-state index contributed by atoms with van der Waals surface area (Å²) >= 11 is 0. The number of hydrogen-bond acceptors (Lipinski definition) is 4. The van der Waals surface area contributed by atoms with E-state index < -0.39 is 10.0 Å². The molecule has 1 aliphatic heterocycles. The van der Waals surface area contributed by atoms with Crippen molar-refractivity contribution in [3.63, 3.8) is 0 Å². The standard InChI is InChI=1S/C21H24N2O3S/c1-16-3-5-17(6-4-16)18-7-8-21-19(13-18)14-20(26-21)15-22-9-11-23(12-10-22)27(2,24)25/h3-8,13-14H,9-12,15H2,1-2H3. The van der Waals surface area contributed by atoms with E-state index in [2.05, 4.69) is 54.3 Å². The Morgan fingerprint density at radius 3 is 2.26 bits per heavy atom. The summed E-state index contributed by atoms with van der Waals surface area (Å²) in [6, 6.07) is 16.9. The first-order valence-corrected chi connectivity index (χ1v) is 11.0. The van der Waals surface area contributed by atoms with Crippen LogP contribution in [0.1, 0.15) is 11.3 Å². The lowest BCUT2D eigenvalue weighted by atomic mass is 10.0. The SMILES string of the molecule is Cc1ccc(-c2ccc3oc(CN4CCN(S(C)(=O)=O)CC4)cc3c2)cc1. The van der Waals surface area contributed by atoms with Crippen LogP contribution in [0.25, 0.3) is 22.1 Å². The topological polar surface area (TPSA) is 53.8 Å². The highest BCUT2D eigenvalue weighted by Gasteiger charge is 2.23. The molecule has 142 valence electrons. The van der Waals surface area contributed by atoms with Gasteiger partial charge in [0.05, 0.1) is 12.8 Å². The first-order chi connectivity index (χ1) is 12.9. The molecular weight excluding hydrogens is 360 g/mol. The van der Waals surface area contributed by atoms with Crippen LogP contribution in [0.15, 0.2) is 52.9 Å². The van der Waals surface area contributed by atoms with Gasteiger partial charge in [0.1, 0.15) is 11.3 Å². The predicted molar refractivity (Wildman–Crippen MR) is 108 cm³/mol. The quantitative estimate of drug-likeness (QED) is 0.691. The smallest absolute Gasteiger partial charge is 0.211 e. The third-order valence-electron chi connectivity index (χ3n) is 5.13. The molecule has 0 spiro atoms. The van der Waals surface area contributed by atoms with E-state index >= 15 is 0 Å². The molecule has 2 aromatic carbocycles. The Morgan fingerprint density at radius 1 is 0.926 bits per heavy atom. The van der Waals surface area contributed by atoms with Crippen molar-refractivity contribution < 1.29 is 12.8 Å². The molecule has 27 heavy (non-hydrogen) atoms. The van der Waals surface area contributed by atoms with Crippen LogP contribution in [0.5, 0.6) is 0 Å². The molecule has 0 saturated carbocycles. The van der Waals surface area contributed by atoms with E-state index in [-0.39, 0.29) is 0 Å². The lowest BCUT2D eigenvalue weighted by molar-refractivity contribution is 0.172. The minimum absolute atomic E-state index is 0.538. The molecule has 0 amide bonds. The number of fused-ring (bicyclic) bond motifs is 1. The highest BCUT2D eigenvalue weighted by atomic mass is 32.2. The van der Waals surface area contributed by atoms with Crippen LogP contribution < -0.4 is 0 Å². The van der Waals surface area contributed by atoms with Gasteiger partial charge in [-0.2, -0.15) is 4.31 Å². The van der Waals surface area contributed by atoms with Crippen LogP contribution in [-0.2, 0) is 16.6 Å². The summed E-state index contributed by atoms with van der Waals surface area (Å²) in [5.74, 6) is 0.916. The number of hydrogen-bond donors (Lipinski definition) is 0. The van der Waals surface area contributed by atoms with Crippen LogP contribution >= 0.6 is 0 Å². The number of furan rings is 1. The summed E-state index contributed by atoms with van der Waals surface area (Å²) in [4.78, 5) is 2.24. The highest BCUT2D eigenvalue weighted by molar-refractivity contribution is 7.88. The van der Waals surface area contributed by atoms with E-state index in [1.54, 1.807) is 0 Å². The van der Waals surface area contributed by atoms with Gasteiger partial charge in [0.15, 0.2) is 0 Å². The van der Waals surface area contributed by atoms with Crippen molar-refractivity contribution in [3.05, 3.63) is 59.9 Å². The Hall–Kier alpha value is -2.15.